The number of hydrogen-bond donors (Lipinski definition) is 2. The maximum atomic E-state index is 5.34. The fourth-order valence-electron chi connectivity index (χ4n) is 2.01. The Morgan fingerprint density at radius 2 is 2.06 bits per heavy atom. The van der Waals surface area contributed by atoms with Crippen molar-refractivity contribution in [3.05, 3.63) is 53.9 Å². The summed E-state index contributed by atoms with van der Waals surface area (Å²) in [6.45, 7) is 1.91. The van der Waals surface area contributed by atoms with Crippen LogP contribution < -0.4 is 10.1 Å². The number of H-pyrrole nitrogens is 1. The van der Waals surface area contributed by atoms with Gasteiger partial charge < -0.3 is 15.0 Å². The van der Waals surface area contributed by atoms with Crippen molar-refractivity contribution in [3.63, 3.8) is 0 Å². The van der Waals surface area contributed by atoms with Gasteiger partial charge in [-0.2, -0.15) is 0 Å². The molecule has 0 spiro atoms. The van der Waals surface area contributed by atoms with E-state index in [9.17, 15) is 0 Å². The predicted molar refractivity (Wildman–Crippen MR) is 73.8 cm³/mol. The molecule has 0 saturated carbocycles. The van der Waals surface area contributed by atoms with Crippen LogP contribution in [0, 0.1) is 0 Å². The van der Waals surface area contributed by atoms with E-state index in [2.05, 4.69) is 28.5 Å². The van der Waals surface area contributed by atoms with Crippen LogP contribution >= 0.6 is 0 Å². The molecule has 1 heterocycles. The summed E-state index contributed by atoms with van der Waals surface area (Å²) in [5.74, 6) is 0.988. The van der Waals surface area contributed by atoms with Crippen LogP contribution in [0.15, 0.2) is 42.6 Å². The van der Waals surface area contributed by atoms with Gasteiger partial charge in [0.25, 0.3) is 0 Å². The molecule has 1 aromatic heterocycles. The van der Waals surface area contributed by atoms with E-state index < -0.39 is 0 Å². The Kier molecular flexibility index (Phi) is 4.85. The highest BCUT2D eigenvalue weighted by Gasteiger charge is 2.00. The Morgan fingerprint density at radius 1 is 1.17 bits per heavy atom. The topological polar surface area (TPSA) is 37.0 Å². The summed E-state index contributed by atoms with van der Waals surface area (Å²) in [5.41, 5.74) is 2.51. The lowest BCUT2D eigenvalue weighted by atomic mass is 10.1. The van der Waals surface area contributed by atoms with Crippen LogP contribution in [0.2, 0.25) is 0 Å². The number of para-hydroxylation sites is 1. The largest absolute Gasteiger partial charge is 0.496 e. The Bertz CT molecular complexity index is 451. The minimum absolute atomic E-state index is 0.902. The molecule has 2 N–H and O–H groups in total. The number of aromatic amines is 1. The quantitative estimate of drug-likeness (QED) is 0.735. The van der Waals surface area contributed by atoms with Crippen LogP contribution in [0.1, 0.15) is 17.7 Å². The van der Waals surface area contributed by atoms with Crippen molar-refractivity contribution in [1.82, 2.24) is 10.3 Å². The molecule has 0 saturated heterocycles. The van der Waals surface area contributed by atoms with Gasteiger partial charge in [-0.25, -0.2) is 0 Å². The molecule has 1 aromatic carbocycles. The number of nitrogens with one attached hydrogen (secondary N) is 2. The third-order valence-corrected chi connectivity index (χ3v) is 2.97. The van der Waals surface area contributed by atoms with Gasteiger partial charge in [0.2, 0.25) is 0 Å². The van der Waals surface area contributed by atoms with E-state index >= 15 is 0 Å². The second kappa shape index (κ2) is 6.87. The molecule has 0 bridgehead atoms. The summed E-state index contributed by atoms with van der Waals surface area (Å²) in [4.78, 5) is 3.18. The molecule has 3 nitrogen and oxygen atoms in total. The maximum absolute atomic E-state index is 5.34. The highest BCUT2D eigenvalue weighted by molar-refractivity contribution is 5.33. The van der Waals surface area contributed by atoms with Crippen molar-refractivity contribution in [2.24, 2.45) is 0 Å². The van der Waals surface area contributed by atoms with Crippen LogP contribution in [0.4, 0.5) is 0 Å². The zero-order chi connectivity index (χ0) is 12.6. The first-order valence-electron chi connectivity index (χ1n) is 6.35. The van der Waals surface area contributed by atoms with Crippen LogP contribution in [0.25, 0.3) is 0 Å². The van der Waals surface area contributed by atoms with Crippen LogP contribution in [0.3, 0.4) is 0 Å². The zero-order valence-electron chi connectivity index (χ0n) is 10.8. The first kappa shape index (κ1) is 12.7. The van der Waals surface area contributed by atoms with Crippen molar-refractivity contribution in [2.75, 3.05) is 13.7 Å². The molecule has 3 heteroatoms. The molecular weight excluding hydrogens is 224 g/mol. The third kappa shape index (κ3) is 3.64. The van der Waals surface area contributed by atoms with E-state index in [1.54, 1.807) is 7.11 Å². The lowest BCUT2D eigenvalue weighted by Gasteiger charge is -2.08. The standard InChI is InChI=1S/C15H20N2O/c1-18-15-9-3-2-6-13(15)7-4-10-16-12-14-8-5-11-17-14/h2-3,5-6,8-9,11,16-17H,4,7,10,12H2,1H3. The van der Waals surface area contributed by atoms with Gasteiger partial charge in [-0.15, -0.1) is 0 Å². The van der Waals surface area contributed by atoms with Gasteiger partial charge in [-0.1, -0.05) is 18.2 Å². The summed E-state index contributed by atoms with van der Waals surface area (Å²) in [6, 6.07) is 12.3. The summed E-state index contributed by atoms with van der Waals surface area (Å²) in [5, 5.41) is 3.42. The second-order valence-electron chi connectivity index (χ2n) is 4.29. The Balaban J connectivity index is 1.69. The molecule has 96 valence electrons. The van der Waals surface area contributed by atoms with Crippen LogP contribution in [-0.2, 0) is 13.0 Å². The number of ether oxygens (including phenoxy) is 1. The first-order valence-corrected chi connectivity index (χ1v) is 6.35. The molecule has 0 atom stereocenters. The van der Waals surface area contributed by atoms with E-state index in [4.69, 9.17) is 4.74 Å². The smallest absolute Gasteiger partial charge is 0.122 e. The van der Waals surface area contributed by atoms with Gasteiger partial charge in [-0.05, 0) is 43.1 Å². The van der Waals surface area contributed by atoms with Gasteiger partial charge in [-0.3, -0.25) is 0 Å². The number of methoxy groups -OCH3 is 1. The van der Waals surface area contributed by atoms with E-state index in [0.29, 0.717) is 0 Å². The average Bonchev–Trinajstić information content (AvgIpc) is 2.92. The highest BCUT2D eigenvalue weighted by atomic mass is 16.5. The Labute approximate surface area is 108 Å². The summed E-state index contributed by atoms with van der Waals surface area (Å²) in [7, 11) is 1.72. The first-order chi connectivity index (χ1) is 8.90. The number of aromatic nitrogens is 1. The molecule has 0 fully saturated rings. The van der Waals surface area contributed by atoms with Gasteiger partial charge in [0.1, 0.15) is 5.75 Å². The molecule has 0 radical (unpaired) electrons. The van der Waals surface area contributed by atoms with E-state index in [-0.39, 0.29) is 0 Å². The Hall–Kier alpha value is -1.74. The SMILES string of the molecule is COc1ccccc1CCCNCc1ccc[nH]1. The molecule has 0 amide bonds. The summed E-state index contributed by atoms with van der Waals surface area (Å²) < 4.78 is 5.34. The van der Waals surface area contributed by atoms with Crippen LogP contribution in [0.5, 0.6) is 5.75 Å². The molecular formula is C15H20N2O. The second-order valence-corrected chi connectivity index (χ2v) is 4.29. The molecule has 0 aliphatic rings. The van der Waals surface area contributed by atoms with E-state index in [1.165, 1.54) is 11.3 Å². The van der Waals surface area contributed by atoms with E-state index in [0.717, 1.165) is 31.7 Å². The van der Waals surface area contributed by atoms with Gasteiger partial charge in [0, 0.05) is 18.4 Å². The zero-order valence-corrected chi connectivity index (χ0v) is 10.8. The number of benzene rings is 1. The molecule has 18 heavy (non-hydrogen) atoms. The van der Waals surface area contributed by atoms with Gasteiger partial charge >= 0.3 is 0 Å². The molecule has 2 aromatic rings. The third-order valence-electron chi connectivity index (χ3n) is 2.97. The predicted octanol–water partition coefficient (Wildman–Crippen LogP) is 2.75. The van der Waals surface area contributed by atoms with Crippen molar-refractivity contribution < 1.29 is 4.74 Å². The molecule has 2 rings (SSSR count). The molecule has 0 unspecified atom stereocenters. The number of aryl methyl sites for hydroxylation is 1. The van der Waals surface area contributed by atoms with E-state index in [1.807, 2.05) is 24.4 Å². The summed E-state index contributed by atoms with van der Waals surface area (Å²) in [6.07, 6.45) is 4.11. The fraction of sp³-hybridized carbons (Fsp3) is 0.333. The average molecular weight is 244 g/mol. The Morgan fingerprint density at radius 3 is 2.83 bits per heavy atom. The number of rotatable bonds is 7. The van der Waals surface area contributed by atoms with Gasteiger partial charge in [0.05, 0.1) is 7.11 Å². The minimum atomic E-state index is 0.902. The fourth-order valence-corrected chi connectivity index (χ4v) is 2.01. The monoisotopic (exact) mass is 244 g/mol. The molecule has 0 aliphatic carbocycles. The van der Waals surface area contributed by atoms with Crippen molar-refractivity contribution in [2.45, 2.75) is 19.4 Å². The summed E-state index contributed by atoms with van der Waals surface area (Å²) >= 11 is 0. The minimum Gasteiger partial charge on any atom is -0.496 e. The van der Waals surface area contributed by atoms with Crippen molar-refractivity contribution >= 4 is 0 Å². The highest BCUT2D eigenvalue weighted by Crippen LogP contribution is 2.18. The normalized spacial score (nSPS) is 10.5. The molecule has 0 aliphatic heterocycles. The van der Waals surface area contributed by atoms with Crippen molar-refractivity contribution in [1.29, 1.82) is 0 Å². The maximum Gasteiger partial charge on any atom is 0.122 e. The number of hydrogen-bond acceptors (Lipinski definition) is 2. The van der Waals surface area contributed by atoms with Crippen molar-refractivity contribution in [3.8, 4) is 5.75 Å². The lowest BCUT2D eigenvalue weighted by molar-refractivity contribution is 0.409. The van der Waals surface area contributed by atoms with Crippen LogP contribution in [-0.4, -0.2) is 18.6 Å². The van der Waals surface area contributed by atoms with Gasteiger partial charge in [0.15, 0.2) is 0 Å². The lowest BCUT2D eigenvalue weighted by Crippen LogP contribution is -2.15.